The Hall–Kier alpha value is -6.32. The first-order valence-corrected chi connectivity index (χ1v) is 21.7. The Labute approximate surface area is 362 Å². The number of benzene rings is 3. The van der Waals surface area contributed by atoms with E-state index in [4.69, 9.17) is 19.4 Å². The Morgan fingerprint density at radius 3 is 2.19 bits per heavy atom. The van der Waals surface area contributed by atoms with Crippen LogP contribution < -0.4 is 10.6 Å². The van der Waals surface area contributed by atoms with Gasteiger partial charge in [0.2, 0.25) is 11.8 Å². The second-order valence-electron chi connectivity index (χ2n) is 18.4. The highest BCUT2D eigenvalue weighted by Crippen LogP contribution is 2.59. The Kier molecular flexibility index (Phi) is 9.64. The molecule has 1 spiro atoms. The number of methoxy groups -OCH3 is 2. The minimum absolute atomic E-state index is 0.0115. The molecule has 4 fully saturated rings. The summed E-state index contributed by atoms with van der Waals surface area (Å²) in [6, 6.07) is 13.8. The van der Waals surface area contributed by atoms with Gasteiger partial charge in [-0.05, 0) is 109 Å². The third kappa shape index (κ3) is 6.79. The molecule has 2 bridgehead atoms. The smallest absolute Gasteiger partial charge is 0.407 e. The molecule has 10 rings (SSSR count). The lowest BCUT2D eigenvalue weighted by Crippen LogP contribution is -2.51. The van der Waals surface area contributed by atoms with Gasteiger partial charge in [0, 0.05) is 29.3 Å². The van der Waals surface area contributed by atoms with Crippen molar-refractivity contribution in [2.75, 3.05) is 20.8 Å². The van der Waals surface area contributed by atoms with Gasteiger partial charge in [0.15, 0.2) is 0 Å². The van der Waals surface area contributed by atoms with Crippen molar-refractivity contribution in [2.45, 2.75) is 95.4 Å². The number of ether oxygens (including phenoxy) is 2. The number of aromatic nitrogens is 4. The van der Waals surface area contributed by atoms with Gasteiger partial charge < -0.3 is 39.9 Å². The molecule has 3 aliphatic carbocycles. The van der Waals surface area contributed by atoms with E-state index in [9.17, 15) is 19.2 Å². The van der Waals surface area contributed by atoms with Gasteiger partial charge in [-0.2, -0.15) is 8.78 Å². The Morgan fingerprint density at radius 2 is 1.49 bits per heavy atom. The molecule has 5 aromatic rings. The summed E-state index contributed by atoms with van der Waals surface area (Å²) in [5.74, 6) is -2.39. The molecule has 328 valence electrons. The molecule has 5 aliphatic rings. The molecule has 2 saturated heterocycles. The fourth-order valence-corrected chi connectivity index (χ4v) is 10.7. The molecular weight excluding hydrogens is 811 g/mol. The number of rotatable bonds is 9. The summed E-state index contributed by atoms with van der Waals surface area (Å²) in [6.45, 7) is 5.95. The maximum absolute atomic E-state index is 16.6. The van der Waals surface area contributed by atoms with E-state index in [2.05, 4.69) is 20.6 Å². The number of imidazole rings is 2. The van der Waals surface area contributed by atoms with E-state index in [-0.39, 0.29) is 58.3 Å². The molecule has 4 N–H and O–H groups in total. The van der Waals surface area contributed by atoms with Gasteiger partial charge in [0.05, 0.1) is 49.2 Å². The summed E-state index contributed by atoms with van der Waals surface area (Å²) in [4.78, 5) is 71.7. The fraction of sp³-hybridized carbons (Fsp3) is 0.447. The fourth-order valence-electron chi connectivity index (χ4n) is 10.7. The van der Waals surface area contributed by atoms with Crippen molar-refractivity contribution >= 4 is 35.0 Å². The quantitative estimate of drug-likeness (QED) is 0.115. The predicted octanol–water partition coefficient (Wildman–Crippen LogP) is 7.97. The van der Waals surface area contributed by atoms with Crippen molar-refractivity contribution in [3.63, 3.8) is 0 Å². The summed E-state index contributed by atoms with van der Waals surface area (Å²) in [5, 5.41) is 5.29. The number of aromatic amines is 2. The molecule has 3 aromatic carbocycles. The molecule has 2 saturated carbocycles. The Morgan fingerprint density at radius 1 is 0.825 bits per heavy atom. The van der Waals surface area contributed by atoms with Gasteiger partial charge >= 0.3 is 12.2 Å². The van der Waals surface area contributed by atoms with E-state index < -0.39 is 30.2 Å². The highest BCUT2D eigenvalue weighted by atomic mass is 19.3. The van der Waals surface area contributed by atoms with Gasteiger partial charge in [-0.3, -0.25) is 9.59 Å². The molecule has 63 heavy (non-hydrogen) atoms. The van der Waals surface area contributed by atoms with Crippen molar-refractivity contribution in [3.05, 3.63) is 83.6 Å². The lowest BCUT2D eigenvalue weighted by atomic mass is 9.97. The zero-order valence-corrected chi connectivity index (χ0v) is 35.8. The highest BCUT2D eigenvalue weighted by molar-refractivity contribution is 5.89. The number of alkyl halides is 2. The van der Waals surface area contributed by atoms with Crippen LogP contribution in [0.2, 0.25) is 0 Å². The summed E-state index contributed by atoms with van der Waals surface area (Å²) >= 11 is 0. The average molecular weight is 861 g/mol. The van der Waals surface area contributed by atoms with Gasteiger partial charge in [0.1, 0.15) is 23.7 Å². The number of fused-ring (bicyclic) bond motifs is 6. The van der Waals surface area contributed by atoms with Crippen LogP contribution in [0.4, 0.5) is 18.4 Å². The van der Waals surface area contributed by atoms with Crippen LogP contribution in [0.15, 0.2) is 60.8 Å². The number of carbonyl (C=O) groups excluding carboxylic acids is 4. The molecule has 0 radical (unpaired) electrons. The normalized spacial score (nSPS) is 23.2. The van der Waals surface area contributed by atoms with Gasteiger partial charge in [-0.15, -0.1) is 0 Å². The average Bonchev–Trinajstić information content (AvgIpc) is 3.93. The molecule has 16 heteroatoms. The van der Waals surface area contributed by atoms with Crippen molar-refractivity contribution in [1.82, 2.24) is 40.4 Å². The van der Waals surface area contributed by atoms with Crippen LogP contribution in [-0.4, -0.2) is 92.6 Å². The van der Waals surface area contributed by atoms with E-state index in [1.54, 1.807) is 36.2 Å². The molecule has 6 atom stereocenters. The molecule has 1 unspecified atom stereocenters. The van der Waals surface area contributed by atoms with Gasteiger partial charge in [-0.1, -0.05) is 44.2 Å². The first kappa shape index (κ1) is 40.7. The minimum atomic E-state index is -3.28. The van der Waals surface area contributed by atoms with Gasteiger partial charge in [-0.25, -0.2) is 19.6 Å². The van der Waals surface area contributed by atoms with E-state index in [0.29, 0.717) is 51.7 Å². The number of likely N-dealkylation sites (tertiary alicyclic amines) is 2. The number of amides is 4. The van der Waals surface area contributed by atoms with Crippen molar-refractivity contribution in [3.8, 4) is 33.5 Å². The second-order valence-corrected chi connectivity index (χ2v) is 18.4. The number of piperidine rings is 1. The third-order valence-corrected chi connectivity index (χ3v) is 14.2. The minimum Gasteiger partial charge on any atom is -0.453 e. The SMILES string of the molecule is COC(=O)NC(C(=O)N1CC2(CC2)C[C@H]1c1ncc(-c2ccc3c(c2)C(F)(F)c2cc(-c4ccc5nc([C@@H]6[C@H]7CC[C@H](C7)N6C(=O)[C@H](C)NC(=O)OC)[nH]c5c4)ccc2-3)[nH]1)C(C)C. The Bertz CT molecular complexity index is 2690. The van der Waals surface area contributed by atoms with Crippen LogP contribution in [0, 0.1) is 17.3 Å². The third-order valence-electron chi connectivity index (χ3n) is 14.2. The van der Waals surface area contributed by atoms with E-state index in [1.165, 1.54) is 20.3 Å². The molecule has 2 aliphatic heterocycles. The standard InChI is InChI=1S/C47H50F2N8O6/c1-23(2)38(55-45(61)63-5)43(59)56-22-46(14-15-46)20-37(56)40-50-21-36(54-40)27-8-12-31-30-11-7-25(17-32(30)47(48,49)33(31)18-27)26-9-13-34-35(19-26)53-41(52-34)39-28-6-10-29(16-28)57(39)42(58)24(3)51-44(60)62-4/h7-9,11-13,17-19,21,23-24,28-29,37-39H,6,10,14-16,20,22H2,1-5H3,(H,50,54)(H,51,60)(H,52,53)(H,55,61)/t24-,28-,29+,37-,38?,39-/m0/s1. The molecular formula is C47H50F2N8O6. The van der Waals surface area contributed by atoms with Crippen LogP contribution in [0.1, 0.15) is 94.2 Å². The van der Waals surface area contributed by atoms with Crippen LogP contribution in [-0.2, 0) is 25.0 Å². The van der Waals surface area contributed by atoms with E-state index in [0.717, 1.165) is 49.6 Å². The van der Waals surface area contributed by atoms with Crippen molar-refractivity contribution in [1.29, 1.82) is 0 Å². The Balaban J connectivity index is 0.894. The first-order chi connectivity index (χ1) is 30.2. The van der Waals surface area contributed by atoms with E-state index in [1.807, 2.05) is 49.1 Å². The van der Waals surface area contributed by atoms with Gasteiger partial charge in [0.25, 0.3) is 5.92 Å². The number of alkyl carbamates (subject to hydrolysis) is 2. The number of H-pyrrole nitrogens is 2. The summed E-state index contributed by atoms with van der Waals surface area (Å²) < 4.78 is 42.8. The summed E-state index contributed by atoms with van der Waals surface area (Å²) in [5.41, 5.74) is 4.67. The van der Waals surface area contributed by atoms with Crippen LogP contribution >= 0.6 is 0 Å². The first-order valence-electron chi connectivity index (χ1n) is 21.7. The summed E-state index contributed by atoms with van der Waals surface area (Å²) in [6.07, 6.45) is 5.74. The highest BCUT2D eigenvalue weighted by Gasteiger charge is 2.55. The molecule has 4 amide bonds. The summed E-state index contributed by atoms with van der Waals surface area (Å²) in [7, 11) is 2.52. The maximum Gasteiger partial charge on any atom is 0.407 e. The van der Waals surface area contributed by atoms with Crippen LogP contribution in [0.25, 0.3) is 44.5 Å². The number of nitrogens with zero attached hydrogens (tertiary/aromatic N) is 4. The zero-order valence-electron chi connectivity index (χ0n) is 35.8. The molecule has 14 nitrogen and oxygen atoms in total. The largest absolute Gasteiger partial charge is 0.453 e. The number of hydrogen-bond donors (Lipinski definition) is 4. The maximum atomic E-state index is 16.6. The number of nitrogens with one attached hydrogen (secondary N) is 4. The number of hydrogen-bond acceptors (Lipinski definition) is 8. The van der Waals surface area contributed by atoms with Crippen LogP contribution in [0.5, 0.6) is 0 Å². The number of carbonyl (C=O) groups is 4. The van der Waals surface area contributed by atoms with Crippen LogP contribution in [0.3, 0.4) is 0 Å². The molecule has 4 heterocycles. The number of halogens is 2. The predicted molar refractivity (Wildman–Crippen MR) is 228 cm³/mol. The lowest BCUT2D eigenvalue weighted by molar-refractivity contribution is -0.138. The molecule has 2 aromatic heterocycles. The monoisotopic (exact) mass is 860 g/mol. The van der Waals surface area contributed by atoms with E-state index >= 15 is 8.78 Å². The lowest BCUT2D eigenvalue weighted by Gasteiger charge is -2.35. The van der Waals surface area contributed by atoms with Crippen molar-refractivity contribution < 1.29 is 37.4 Å². The zero-order chi connectivity index (χ0) is 44.1. The second kappa shape index (κ2) is 14.9. The van der Waals surface area contributed by atoms with Crippen molar-refractivity contribution in [2.24, 2.45) is 17.3 Å². The topological polar surface area (TPSA) is 175 Å².